The number of anilines is 1. The monoisotopic (exact) mass is 383 g/mol. The minimum absolute atomic E-state index is 0.0276. The molecule has 4 nitrogen and oxygen atoms in total. The van der Waals surface area contributed by atoms with Gasteiger partial charge in [-0.25, -0.2) is 8.42 Å². The summed E-state index contributed by atoms with van der Waals surface area (Å²) in [5.74, 6) is -0.808. The van der Waals surface area contributed by atoms with Gasteiger partial charge in [0.25, 0.3) is 0 Å². The summed E-state index contributed by atoms with van der Waals surface area (Å²) in [4.78, 5) is 12.6. The number of rotatable bonds is 4. The van der Waals surface area contributed by atoms with E-state index in [4.69, 9.17) is 0 Å². The van der Waals surface area contributed by atoms with Gasteiger partial charge in [-0.3, -0.25) is 4.79 Å². The Balaban J connectivity index is 1.87. The molecule has 0 saturated heterocycles. The van der Waals surface area contributed by atoms with Crippen LogP contribution >= 0.6 is 0 Å². The fraction of sp³-hybridized carbons (Fsp3) is 0.278. The Morgan fingerprint density at radius 2 is 1.69 bits per heavy atom. The molecular weight excluding hydrogens is 367 g/mol. The Labute approximate surface area is 149 Å². The van der Waals surface area contributed by atoms with Crippen LogP contribution in [0.2, 0.25) is 0 Å². The number of aryl methyl sites for hydroxylation is 1. The second kappa shape index (κ2) is 6.12. The van der Waals surface area contributed by atoms with E-state index in [0.29, 0.717) is 0 Å². The first-order chi connectivity index (χ1) is 12.1. The highest BCUT2D eigenvalue weighted by Gasteiger charge is 2.61. The van der Waals surface area contributed by atoms with Gasteiger partial charge in [-0.15, -0.1) is 0 Å². The van der Waals surface area contributed by atoms with E-state index in [9.17, 15) is 26.4 Å². The van der Waals surface area contributed by atoms with Crippen molar-refractivity contribution in [2.24, 2.45) is 0 Å². The Morgan fingerprint density at radius 1 is 1.08 bits per heavy atom. The Hall–Kier alpha value is -2.35. The van der Waals surface area contributed by atoms with E-state index >= 15 is 0 Å². The van der Waals surface area contributed by atoms with Crippen LogP contribution in [0.15, 0.2) is 53.4 Å². The summed E-state index contributed by atoms with van der Waals surface area (Å²) in [5, 5.41) is 2.33. The van der Waals surface area contributed by atoms with Gasteiger partial charge in [-0.2, -0.15) is 13.2 Å². The largest absolute Gasteiger partial charge is 0.416 e. The normalized spacial score (nSPS) is 16.2. The predicted octanol–water partition coefficient (Wildman–Crippen LogP) is 3.96. The van der Waals surface area contributed by atoms with Gasteiger partial charge >= 0.3 is 6.18 Å². The van der Waals surface area contributed by atoms with Gasteiger partial charge in [0.1, 0.15) is 0 Å². The number of hydrogen-bond acceptors (Lipinski definition) is 3. The van der Waals surface area contributed by atoms with Crippen molar-refractivity contribution in [1.82, 2.24) is 0 Å². The van der Waals surface area contributed by atoms with E-state index in [0.717, 1.165) is 23.8 Å². The van der Waals surface area contributed by atoms with E-state index in [1.54, 1.807) is 12.1 Å². The third-order valence-electron chi connectivity index (χ3n) is 4.41. The highest BCUT2D eigenvalue weighted by atomic mass is 32.2. The van der Waals surface area contributed by atoms with E-state index in [-0.39, 0.29) is 23.4 Å². The second-order valence-corrected chi connectivity index (χ2v) is 8.60. The molecule has 8 heteroatoms. The summed E-state index contributed by atoms with van der Waals surface area (Å²) in [6, 6.07) is 10.2. The van der Waals surface area contributed by atoms with Crippen molar-refractivity contribution in [2.75, 3.05) is 5.32 Å². The third-order valence-corrected chi connectivity index (χ3v) is 6.93. The summed E-state index contributed by atoms with van der Waals surface area (Å²) < 4.78 is 62.4. The van der Waals surface area contributed by atoms with E-state index in [2.05, 4.69) is 5.32 Å². The number of halogens is 3. The zero-order valence-electron chi connectivity index (χ0n) is 13.8. The molecule has 26 heavy (non-hydrogen) atoms. The lowest BCUT2D eigenvalue weighted by molar-refractivity contribution is -0.137. The summed E-state index contributed by atoms with van der Waals surface area (Å²) in [6.45, 7) is 1.81. The molecule has 0 aliphatic heterocycles. The van der Waals surface area contributed by atoms with Crippen LogP contribution in [-0.2, 0) is 20.8 Å². The van der Waals surface area contributed by atoms with Crippen molar-refractivity contribution in [1.29, 1.82) is 0 Å². The first-order valence-corrected chi connectivity index (χ1v) is 9.35. The zero-order chi connectivity index (χ0) is 19.2. The molecule has 1 amide bonds. The molecule has 3 rings (SSSR count). The highest BCUT2D eigenvalue weighted by Crippen LogP contribution is 2.47. The van der Waals surface area contributed by atoms with Crippen molar-refractivity contribution in [2.45, 2.75) is 35.6 Å². The minimum Gasteiger partial charge on any atom is -0.325 e. The van der Waals surface area contributed by atoms with Gasteiger partial charge in [-0.05, 0) is 50.1 Å². The van der Waals surface area contributed by atoms with Gasteiger partial charge in [0.2, 0.25) is 5.91 Å². The van der Waals surface area contributed by atoms with Gasteiger partial charge in [0.05, 0.1) is 10.5 Å². The molecule has 1 fully saturated rings. The Kier molecular flexibility index (Phi) is 4.34. The molecule has 1 aliphatic carbocycles. The van der Waals surface area contributed by atoms with Crippen LogP contribution in [0.4, 0.5) is 18.9 Å². The first-order valence-electron chi connectivity index (χ1n) is 7.86. The molecule has 0 heterocycles. The average molecular weight is 383 g/mol. The average Bonchev–Trinajstić information content (AvgIpc) is 3.37. The third kappa shape index (κ3) is 3.21. The van der Waals surface area contributed by atoms with Crippen LogP contribution in [0.25, 0.3) is 0 Å². The lowest BCUT2D eigenvalue weighted by Gasteiger charge is -2.17. The van der Waals surface area contributed by atoms with Gasteiger partial charge in [-0.1, -0.05) is 23.8 Å². The molecule has 0 radical (unpaired) electrons. The van der Waals surface area contributed by atoms with Crippen molar-refractivity contribution in [3.05, 3.63) is 59.7 Å². The maximum Gasteiger partial charge on any atom is 0.416 e. The van der Waals surface area contributed by atoms with Crippen LogP contribution in [-0.4, -0.2) is 19.1 Å². The highest BCUT2D eigenvalue weighted by molar-refractivity contribution is 7.94. The standard InChI is InChI=1S/C18H16F3NO3S/c1-12-5-7-15(8-6-12)26(24,25)17(9-10-17)16(23)22-14-4-2-3-13(11-14)18(19,20)21/h2-8,11H,9-10H2,1H3,(H,22,23). The molecule has 0 atom stereocenters. The molecule has 0 aromatic heterocycles. The second-order valence-electron chi connectivity index (χ2n) is 6.34. The van der Waals surface area contributed by atoms with Crippen molar-refractivity contribution in [3.8, 4) is 0 Å². The van der Waals surface area contributed by atoms with E-state index in [1.165, 1.54) is 18.2 Å². The lowest BCUT2D eigenvalue weighted by atomic mass is 10.2. The van der Waals surface area contributed by atoms with Crippen LogP contribution in [0, 0.1) is 6.92 Å². The number of carbonyl (C=O) groups excluding carboxylic acids is 1. The predicted molar refractivity (Wildman–Crippen MR) is 90.4 cm³/mol. The maximum absolute atomic E-state index is 12.8. The number of amides is 1. The van der Waals surface area contributed by atoms with Crippen LogP contribution in [0.3, 0.4) is 0 Å². The summed E-state index contributed by atoms with van der Waals surface area (Å²) in [6.07, 6.45) is -4.28. The van der Waals surface area contributed by atoms with Crippen molar-refractivity contribution < 1.29 is 26.4 Å². The quantitative estimate of drug-likeness (QED) is 0.869. The molecule has 138 valence electrons. The molecule has 1 saturated carbocycles. The lowest BCUT2D eigenvalue weighted by Crippen LogP contribution is -2.37. The van der Waals surface area contributed by atoms with Gasteiger partial charge < -0.3 is 5.32 Å². The molecule has 2 aromatic rings. The first kappa shape index (κ1) is 18.4. The summed E-state index contributed by atoms with van der Waals surface area (Å²) >= 11 is 0. The molecule has 0 spiro atoms. The Bertz CT molecular complexity index is 946. The fourth-order valence-electron chi connectivity index (χ4n) is 2.69. The fourth-order valence-corrected chi connectivity index (χ4v) is 4.57. The summed E-state index contributed by atoms with van der Waals surface area (Å²) in [7, 11) is -3.94. The van der Waals surface area contributed by atoms with Crippen LogP contribution in [0.5, 0.6) is 0 Å². The number of benzene rings is 2. The van der Waals surface area contributed by atoms with Crippen LogP contribution in [0.1, 0.15) is 24.0 Å². The van der Waals surface area contributed by atoms with Crippen molar-refractivity contribution >= 4 is 21.4 Å². The van der Waals surface area contributed by atoms with Gasteiger partial charge in [0.15, 0.2) is 14.6 Å². The smallest absolute Gasteiger partial charge is 0.325 e. The Morgan fingerprint density at radius 3 is 2.23 bits per heavy atom. The molecule has 0 bridgehead atoms. The SMILES string of the molecule is Cc1ccc(S(=O)(=O)C2(C(=O)Nc3cccc(C(F)(F)F)c3)CC2)cc1. The topological polar surface area (TPSA) is 63.2 Å². The number of carbonyl (C=O) groups is 1. The zero-order valence-corrected chi connectivity index (χ0v) is 14.6. The molecule has 1 N–H and O–H groups in total. The number of hydrogen-bond donors (Lipinski definition) is 1. The van der Waals surface area contributed by atoms with Crippen molar-refractivity contribution in [3.63, 3.8) is 0 Å². The maximum atomic E-state index is 12.8. The molecule has 0 unspecified atom stereocenters. The minimum atomic E-state index is -4.55. The van der Waals surface area contributed by atoms with Crippen LogP contribution < -0.4 is 5.32 Å². The molecule has 1 aliphatic rings. The number of alkyl halides is 3. The van der Waals surface area contributed by atoms with E-state index < -0.39 is 32.2 Å². The number of sulfone groups is 1. The summed E-state index contributed by atoms with van der Waals surface area (Å²) in [5.41, 5.74) is -0.126. The molecular formula is C18H16F3NO3S. The number of nitrogens with one attached hydrogen (secondary N) is 1. The van der Waals surface area contributed by atoms with E-state index in [1.807, 2.05) is 6.92 Å². The molecule has 2 aromatic carbocycles. The van der Waals surface area contributed by atoms with Gasteiger partial charge in [0, 0.05) is 5.69 Å².